The van der Waals surface area contributed by atoms with Gasteiger partial charge in [0.05, 0.1) is 18.8 Å². The molecule has 5 N–H and O–H groups in total. The largest absolute Gasteiger partial charge is 0.393 e. The van der Waals surface area contributed by atoms with Gasteiger partial charge < -0.3 is 21.1 Å². The van der Waals surface area contributed by atoms with E-state index in [-0.39, 0.29) is 0 Å². The van der Waals surface area contributed by atoms with E-state index in [1.54, 1.807) is 0 Å². The minimum absolute atomic E-state index is 0.667. The lowest BCUT2D eigenvalue weighted by atomic mass is 10.0. The van der Waals surface area contributed by atoms with E-state index in [2.05, 4.69) is 0 Å². The van der Waals surface area contributed by atoms with Crippen LogP contribution in [0.4, 0.5) is 0 Å². The molecule has 3 atom stereocenters. The smallest absolute Gasteiger partial charge is 0.182 e. The molecule has 0 aliphatic heterocycles. The Hall–Kier alpha value is -0.490. The van der Waals surface area contributed by atoms with Crippen LogP contribution < -0.4 is 5.73 Å². The summed E-state index contributed by atoms with van der Waals surface area (Å²) < 4.78 is 0. The van der Waals surface area contributed by atoms with E-state index in [1.807, 2.05) is 0 Å². The zero-order valence-electron chi connectivity index (χ0n) is 6.27. The van der Waals surface area contributed by atoms with E-state index in [4.69, 9.17) is 21.1 Å². The highest BCUT2D eigenvalue weighted by Crippen LogP contribution is 1.95. The van der Waals surface area contributed by atoms with Crippen LogP contribution in [0.25, 0.3) is 0 Å². The molecular weight excluding hydrogens is 150 g/mol. The summed E-state index contributed by atoms with van der Waals surface area (Å²) in [6, 6.07) is -1.13. The van der Waals surface area contributed by atoms with Crippen LogP contribution in [-0.2, 0) is 4.79 Å². The van der Waals surface area contributed by atoms with Crippen LogP contribution >= 0.6 is 0 Å². The second-order valence-corrected chi connectivity index (χ2v) is 2.37. The highest BCUT2D eigenvalue weighted by molar-refractivity contribution is 5.88. The summed E-state index contributed by atoms with van der Waals surface area (Å²) in [5.74, 6) is -0.748. The Labute approximate surface area is 64.4 Å². The Bertz CT molecular complexity index is 137. The first kappa shape index (κ1) is 10.5. The van der Waals surface area contributed by atoms with Gasteiger partial charge in [-0.25, -0.2) is 0 Å². The maximum absolute atomic E-state index is 10.8. The molecule has 0 heterocycles. The summed E-state index contributed by atoms with van der Waals surface area (Å²) in [4.78, 5) is 10.8. The van der Waals surface area contributed by atoms with E-state index in [0.29, 0.717) is 0 Å². The summed E-state index contributed by atoms with van der Waals surface area (Å²) in [5.41, 5.74) is 5.17. The molecule has 0 spiro atoms. The van der Waals surface area contributed by atoms with Gasteiger partial charge in [0.25, 0.3) is 0 Å². The second kappa shape index (κ2) is 4.40. The van der Waals surface area contributed by atoms with Crippen molar-refractivity contribution in [2.45, 2.75) is 25.2 Å². The fraction of sp³-hybridized carbons (Fsp3) is 0.833. The molecule has 0 rings (SSSR count). The van der Waals surface area contributed by atoms with Gasteiger partial charge in [-0.05, 0) is 6.92 Å². The Morgan fingerprint density at radius 1 is 1.55 bits per heavy atom. The molecule has 0 amide bonds. The van der Waals surface area contributed by atoms with Crippen LogP contribution in [0, 0.1) is 0 Å². The Kier molecular flexibility index (Phi) is 4.20. The molecule has 0 aliphatic carbocycles. The molecule has 0 aromatic rings. The molecule has 0 aromatic carbocycles. The molecule has 0 aliphatic rings. The second-order valence-electron chi connectivity index (χ2n) is 2.37. The molecule has 0 saturated heterocycles. The third kappa shape index (κ3) is 2.94. The van der Waals surface area contributed by atoms with E-state index < -0.39 is 30.6 Å². The van der Waals surface area contributed by atoms with Crippen LogP contribution in [0.1, 0.15) is 6.92 Å². The van der Waals surface area contributed by atoms with Crippen molar-refractivity contribution in [3.05, 3.63) is 0 Å². The van der Waals surface area contributed by atoms with E-state index >= 15 is 0 Å². The van der Waals surface area contributed by atoms with Crippen molar-refractivity contribution in [2.24, 2.45) is 5.73 Å². The van der Waals surface area contributed by atoms with Crippen molar-refractivity contribution < 1.29 is 20.1 Å². The van der Waals surface area contributed by atoms with Crippen molar-refractivity contribution in [3.63, 3.8) is 0 Å². The number of hydrogen-bond donors (Lipinski definition) is 4. The molecule has 0 saturated carbocycles. The summed E-state index contributed by atoms with van der Waals surface area (Å²) in [5, 5.41) is 25.9. The number of carbonyl (C=O) groups excluding carboxylic acids is 1. The van der Waals surface area contributed by atoms with Gasteiger partial charge in [-0.3, -0.25) is 4.79 Å². The topological polar surface area (TPSA) is 104 Å². The molecule has 5 heteroatoms. The SMILES string of the molecule is C[C@H](O)[C@@H](N)C(=O)[C@@H](O)CO. The first-order valence-electron chi connectivity index (χ1n) is 3.27. The highest BCUT2D eigenvalue weighted by Gasteiger charge is 2.24. The van der Waals surface area contributed by atoms with E-state index in [1.165, 1.54) is 6.92 Å². The van der Waals surface area contributed by atoms with Gasteiger partial charge in [0.15, 0.2) is 5.78 Å². The summed E-state index contributed by atoms with van der Waals surface area (Å²) in [6.07, 6.45) is -2.50. The normalized spacial score (nSPS) is 19.0. The molecule has 0 aromatic heterocycles. The fourth-order valence-corrected chi connectivity index (χ4v) is 0.550. The quantitative estimate of drug-likeness (QED) is 0.370. The maximum atomic E-state index is 10.8. The van der Waals surface area contributed by atoms with Gasteiger partial charge in [0.2, 0.25) is 0 Å². The lowest BCUT2D eigenvalue weighted by Gasteiger charge is -2.15. The summed E-state index contributed by atoms with van der Waals surface area (Å²) in [7, 11) is 0. The zero-order valence-corrected chi connectivity index (χ0v) is 6.27. The van der Waals surface area contributed by atoms with Gasteiger partial charge in [-0.1, -0.05) is 0 Å². The van der Waals surface area contributed by atoms with Gasteiger partial charge in [-0.2, -0.15) is 0 Å². The van der Waals surface area contributed by atoms with Gasteiger partial charge in [0, 0.05) is 0 Å². The number of hydrogen-bond acceptors (Lipinski definition) is 5. The summed E-state index contributed by atoms with van der Waals surface area (Å²) in [6.45, 7) is 0.673. The molecule has 0 radical (unpaired) electrons. The summed E-state index contributed by atoms with van der Waals surface area (Å²) >= 11 is 0. The Balaban J connectivity index is 4.02. The van der Waals surface area contributed by atoms with Crippen LogP contribution in [0.5, 0.6) is 0 Å². The average molecular weight is 163 g/mol. The number of carbonyl (C=O) groups is 1. The molecular formula is C6H13NO4. The maximum Gasteiger partial charge on any atom is 0.182 e. The van der Waals surface area contributed by atoms with Gasteiger partial charge in [-0.15, -0.1) is 0 Å². The molecule has 0 bridgehead atoms. The zero-order chi connectivity index (χ0) is 9.02. The van der Waals surface area contributed by atoms with Crippen LogP contribution in [0.15, 0.2) is 0 Å². The van der Waals surface area contributed by atoms with E-state index in [9.17, 15) is 4.79 Å². The average Bonchev–Trinajstić information content (AvgIpc) is 2.00. The number of Topliss-reactive ketones (excluding diaryl/α,β-unsaturated/α-hetero) is 1. The van der Waals surface area contributed by atoms with Crippen LogP contribution in [0.2, 0.25) is 0 Å². The highest BCUT2D eigenvalue weighted by atomic mass is 16.3. The Morgan fingerprint density at radius 2 is 2.00 bits per heavy atom. The molecule has 11 heavy (non-hydrogen) atoms. The van der Waals surface area contributed by atoms with Gasteiger partial charge >= 0.3 is 0 Å². The fourth-order valence-electron chi connectivity index (χ4n) is 0.550. The van der Waals surface area contributed by atoms with Crippen molar-refractivity contribution >= 4 is 5.78 Å². The lowest BCUT2D eigenvalue weighted by Crippen LogP contribution is -2.46. The number of aliphatic hydroxyl groups excluding tert-OH is 3. The van der Waals surface area contributed by atoms with Crippen molar-refractivity contribution in [2.75, 3.05) is 6.61 Å². The molecule has 0 unspecified atom stereocenters. The van der Waals surface area contributed by atoms with Gasteiger partial charge in [0.1, 0.15) is 6.10 Å². The minimum atomic E-state index is -1.49. The molecule has 5 nitrogen and oxygen atoms in total. The molecule has 66 valence electrons. The minimum Gasteiger partial charge on any atom is -0.393 e. The lowest BCUT2D eigenvalue weighted by molar-refractivity contribution is -0.132. The standard InChI is InChI=1S/C6H13NO4/c1-3(9)5(7)6(11)4(10)2-8/h3-5,8-10H,2,7H2,1H3/t3-,4-,5+/m0/s1. The van der Waals surface area contributed by atoms with Crippen molar-refractivity contribution in [1.29, 1.82) is 0 Å². The predicted molar refractivity (Wildman–Crippen MR) is 37.8 cm³/mol. The van der Waals surface area contributed by atoms with Crippen molar-refractivity contribution in [1.82, 2.24) is 0 Å². The first-order valence-corrected chi connectivity index (χ1v) is 3.27. The number of ketones is 1. The third-order valence-corrected chi connectivity index (χ3v) is 1.35. The predicted octanol–water partition coefficient (Wildman–Crippen LogP) is -2.38. The number of nitrogens with two attached hydrogens (primary N) is 1. The first-order chi connectivity index (χ1) is 5.00. The monoisotopic (exact) mass is 163 g/mol. The number of rotatable bonds is 4. The van der Waals surface area contributed by atoms with Crippen LogP contribution in [-0.4, -0.2) is 46.0 Å². The van der Waals surface area contributed by atoms with Crippen molar-refractivity contribution in [3.8, 4) is 0 Å². The Morgan fingerprint density at radius 3 is 2.27 bits per heavy atom. The number of aliphatic hydroxyl groups is 3. The van der Waals surface area contributed by atoms with Crippen LogP contribution in [0.3, 0.4) is 0 Å². The third-order valence-electron chi connectivity index (χ3n) is 1.35. The van der Waals surface area contributed by atoms with E-state index in [0.717, 1.165) is 0 Å². The molecule has 0 fully saturated rings.